The summed E-state index contributed by atoms with van der Waals surface area (Å²) in [7, 11) is -2.94. The van der Waals surface area contributed by atoms with Gasteiger partial charge in [-0.15, -0.1) is 0 Å². The minimum absolute atomic E-state index is 0.477. The summed E-state index contributed by atoms with van der Waals surface area (Å²) < 4.78 is 0. The lowest BCUT2D eigenvalue weighted by Gasteiger charge is -2.34. The number of benzene rings is 7. The maximum atomic E-state index is 5.18. The average molecular weight is 798 g/mol. The van der Waals surface area contributed by atoms with Crippen LogP contribution in [0.5, 0.6) is 0 Å². The highest BCUT2D eigenvalue weighted by atomic mass is 28.3. The molecule has 1 aliphatic carbocycles. The number of hydrogen-bond acceptors (Lipinski definition) is 3. The number of aromatic nitrogens is 3. The van der Waals surface area contributed by atoms with E-state index in [9.17, 15) is 0 Å². The van der Waals surface area contributed by atoms with Crippen molar-refractivity contribution in [2.45, 2.75) is 58.5 Å². The highest BCUT2D eigenvalue weighted by molar-refractivity contribution is 6.89. The molecule has 0 amide bonds. The van der Waals surface area contributed by atoms with E-state index in [1.165, 1.54) is 54.9 Å². The van der Waals surface area contributed by atoms with Crippen LogP contribution < -0.4 is 10.4 Å². The second-order valence-electron chi connectivity index (χ2n) is 18.3. The lowest BCUT2D eigenvalue weighted by molar-refractivity contribution is 0.768. The van der Waals surface area contributed by atoms with Crippen LogP contribution in [0, 0.1) is 13.8 Å². The molecular formula is C54H51N3Si2. The minimum atomic E-state index is -1.47. The molecular weight excluding hydrogens is 747 g/mol. The van der Waals surface area contributed by atoms with E-state index < -0.39 is 21.6 Å². The average Bonchev–Trinajstić information content (AvgIpc) is 3.54. The Bertz CT molecular complexity index is 2710. The number of hydrogen-bond donors (Lipinski definition) is 0. The fourth-order valence-electron chi connectivity index (χ4n) is 8.69. The van der Waals surface area contributed by atoms with E-state index in [0.717, 1.165) is 27.8 Å². The Balaban J connectivity index is 1.20. The first kappa shape index (κ1) is 38.5. The predicted molar refractivity (Wildman–Crippen MR) is 254 cm³/mol. The van der Waals surface area contributed by atoms with Crippen molar-refractivity contribution in [1.29, 1.82) is 0 Å². The van der Waals surface area contributed by atoms with Crippen LogP contribution in [0.15, 0.2) is 164 Å². The van der Waals surface area contributed by atoms with Gasteiger partial charge in [-0.25, -0.2) is 15.0 Å². The number of fused-ring (bicyclic) bond motifs is 3. The summed E-state index contributed by atoms with van der Waals surface area (Å²) in [5, 5.41) is 2.83. The van der Waals surface area contributed by atoms with E-state index in [1.54, 1.807) is 0 Å². The molecule has 0 unspecified atom stereocenters. The second kappa shape index (κ2) is 14.7. The lowest BCUT2D eigenvalue weighted by Crippen LogP contribution is -2.37. The number of aryl methyl sites for hydroxylation is 2. The van der Waals surface area contributed by atoms with Gasteiger partial charge < -0.3 is 0 Å². The van der Waals surface area contributed by atoms with E-state index in [1.807, 2.05) is 0 Å². The van der Waals surface area contributed by atoms with Crippen molar-refractivity contribution in [3.05, 3.63) is 197 Å². The molecule has 0 atom stereocenters. The van der Waals surface area contributed by atoms with Crippen LogP contribution in [0.4, 0.5) is 0 Å². The molecule has 0 saturated heterocycles. The molecule has 1 aromatic heterocycles. The van der Waals surface area contributed by atoms with E-state index in [-0.39, 0.29) is 0 Å². The standard InChI is InChI=1S/C54H51N3Si2/c1-36-16-25-43(26-17-36)54(44-27-18-37(2)19-28-44)49-15-10-9-14-47(49)48-33-24-41(35-50(48)54)40-12-11-13-42(34-40)53-56-51(38-20-29-45(30-21-38)58(3,4)5)55-52(57-53)39-22-31-46(32-23-39)59(6,7)8/h9-35H,1-8H3. The third kappa shape index (κ3) is 7.02. The summed E-state index contributed by atoms with van der Waals surface area (Å²) in [6.07, 6.45) is 0. The maximum absolute atomic E-state index is 5.18. The maximum Gasteiger partial charge on any atom is 0.164 e. The van der Waals surface area contributed by atoms with Crippen LogP contribution in [0.25, 0.3) is 56.4 Å². The summed E-state index contributed by atoms with van der Waals surface area (Å²) in [5.74, 6) is 2.03. The molecule has 1 heterocycles. The second-order valence-corrected chi connectivity index (χ2v) is 28.5. The molecule has 8 aromatic rings. The zero-order chi connectivity index (χ0) is 41.1. The monoisotopic (exact) mass is 797 g/mol. The highest BCUT2D eigenvalue weighted by Gasteiger charge is 2.46. The largest absolute Gasteiger partial charge is 0.208 e. The summed E-state index contributed by atoms with van der Waals surface area (Å²) in [4.78, 5) is 15.5. The normalized spacial score (nSPS) is 13.2. The first-order chi connectivity index (χ1) is 28.3. The van der Waals surface area contributed by atoms with Crippen molar-refractivity contribution < 1.29 is 0 Å². The fraction of sp³-hybridized carbons (Fsp3) is 0.167. The smallest absolute Gasteiger partial charge is 0.164 e. The third-order valence-corrected chi connectivity index (χ3v) is 16.3. The van der Waals surface area contributed by atoms with Gasteiger partial charge in [0.25, 0.3) is 0 Å². The van der Waals surface area contributed by atoms with Crippen LogP contribution in [0.1, 0.15) is 33.4 Å². The molecule has 0 N–H and O–H groups in total. The molecule has 0 fully saturated rings. The van der Waals surface area contributed by atoms with E-state index in [0.29, 0.717) is 17.5 Å². The first-order valence-corrected chi connectivity index (χ1v) is 27.8. The predicted octanol–water partition coefficient (Wildman–Crippen LogP) is 12.6. The summed E-state index contributed by atoms with van der Waals surface area (Å²) >= 11 is 0. The molecule has 7 aromatic carbocycles. The van der Waals surface area contributed by atoms with Crippen LogP contribution in [-0.2, 0) is 5.41 Å². The molecule has 0 spiro atoms. The van der Waals surface area contributed by atoms with Crippen LogP contribution >= 0.6 is 0 Å². The molecule has 9 rings (SSSR count). The minimum Gasteiger partial charge on any atom is -0.208 e. The van der Waals surface area contributed by atoms with Crippen molar-refractivity contribution >= 4 is 26.5 Å². The SMILES string of the molecule is Cc1ccc(C2(c3ccc(C)cc3)c3ccccc3-c3ccc(-c4cccc(-c5nc(-c6ccc([Si](C)(C)C)cc6)nc(-c6ccc([Si](C)(C)C)cc6)n5)c4)cc32)cc1. The van der Waals surface area contributed by atoms with Crippen molar-refractivity contribution in [2.75, 3.05) is 0 Å². The van der Waals surface area contributed by atoms with E-state index in [4.69, 9.17) is 15.0 Å². The Morgan fingerprint density at radius 3 is 1.29 bits per heavy atom. The van der Waals surface area contributed by atoms with Gasteiger partial charge in [-0.3, -0.25) is 0 Å². The molecule has 0 bridgehead atoms. The summed E-state index contributed by atoms with van der Waals surface area (Å²) in [6.45, 7) is 18.6. The Morgan fingerprint density at radius 1 is 0.356 bits per heavy atom. The Morgan fingerprint density at radius 2 is 0.780 bits per heavy atom. The van der Waals surface area contributed by atoms with Gasteiger partial charge in [0.05, 0.1) is 21.6 Å². The van der Waals surface area contributed by atoms with Crippen molar-refractivity contribution in [3.63, 3.8) is 0 Å². The first-order valence-electron chi connectivity index (χ1n) is 20.8. The lowest BCUT2D eigenvalue weighted by atomic mass is 9.67. The highest BCUT2D eigenvalue weighted by Crippen LogP contribution is 2.56. The van der Waals surface area contributed by atoms with Gasteiger partial charge in [0.2, 0.25) is 0 Å². The molecule has 0 aliphatic heterocycles. The van der Waals surface area contributed by atoms with Crippen LogP contribution in [0.3, 0.4) is 0 Å². The number of rotatable bonds is 8. The quantitative estimate of drug-likeness (QED) is 0.144. The molecule has 3 nitrogen and oxygen atoms in total. The fourth-order valence-corrected chi connectivity index (χ4v) is 11.0. The van der Waals surface area contributed by atoms with E-state index >= 15 is 0 Å². The zero-order valence-electron chi connectivity index (χ0n) is 35.4. The third-order valence-electron chi connectivity index (χ3n) is 12.1. The zero-order valence-corrected chi connectivity index (χ0v) is 37.4. The van der Waals surface area contributed by atoms with Gasteiger partial charge in [-0.1, -0.05) is 212 Å². The van der Waals surface area contributed by atoms with Crippen molar-refractivity contribution in [1.82, 2.24) is 15.0 Å². The van der Waals surface area contributed by atoms with Gasteiger partial charge in [0.15, 0.2) is 17.5 Å². The van der Waals surface area contributed by atoms with Crippen molar-refractivity contribution in [3.8, 4) is 56.4 Å². The Labute approximate surface area is 352 Å². The molecule has 0 saturated carbocycles. The molecule has 0 radical (unpaired) electrons. The summed E-state index contributed by atoms with van der Waals surface area (Å²) in [5.41, 5.74) is 14.9. The van der Waals surface area contributed by atoms with Gasteiger partial charge in [-0.05, 0) is 70.5 Å². The van der Waals surface area contributed by atoms with Crippen LogP contribution in [0.2, 0.25) is 39.3 Å². The topological polar surface area (TPSA) is 38.7 Å². The van der Waals surface area contributed by atoms with Crippen molar-refractivity contribution in [2.24, 2.45) is 0 Å². The number of nitrogens with zero attached hydrogens (tertiary/aromatic N) is 3. The molecule has 59 heavy (non-hydrogen) atoms. The van der Waals surface area contributed by atoms with E-state index in [2.05, 4.69) is 217 Å². The van der Waals surface area contributed by atoms with Gasteiger partial charge in [0.1, 0.15) is 0 Å². The molecule has 290 valence electrons. The molecule has 5 heteroatoms. The molecule has 1 aliphatic rings. The van der Waals surface area contributed by atoms with Gasteiger partial charge in [0, 0.05) is 16.7 Å². The summed E-state index contributed by atoms with van der Waals surface area (Å²) in [6, 6.07) is 60.7. The van der Waals surface area contributed by atoms with Gasteiger partial charge >= 0.3 is 0 Å². The van der Waals surface area contributed by atoms with Crippen LogP contribution in [-0.4, -0.2) is 31.1 Å². The Kier molecular flexibility index (Phi) is 9.57. The Hall–Kier alpha value is -6.02. The van der Waals surface area contributed by atoms with Gasteiger partial charge in [-0.2, -0.15) is 0 Å².